The zero-order chi connectivity index (χ0) is 15.3. The highest BCUT2D eigenvalue weighted by Crippen LogP contribution is 2.23. The summed E-state index contributed by atoms with van der Waals surface area (Å²) in [5, 5.41) is 3.15. The van der Waals surface area contributed by atoms with Crippen LogP contribution in [0.3, 0.4) is 0 Å². The summed E-state index contributed by atoms with van der Waals surface area (Å²) in [6.45, 7) is 3.98. The quantitative estimate of drug-likeness (QED) is 0.736. The van der Waals surface area contributed by atoms with Crippen molar-refractivity contribution in [3.63, 3.8) is 0 Å². The number of nitrogens with one attached hydrogen (secondary N) is 1. The maximum absolute atomic E-state index is 11.6. The number of methoxy groups -OCH3 is 1. The van der Waals surface area contributed by atoms with E-state index in [0.29, 0.717) is 26.1 Å². The molecule has 1 aliphatic rings. The first-order valence-corrected chi connectivity index (χ1v) is 8.90. The molecule has 118 valence electrons. The fourth-order valence-corrected chi connectivity index (χ4v) is 4.24. The Morgan fingerprint density at radius 2 is 2.29 bits per heavy atom. The van der Waals surface area contributed by atoms with E-state index in [1.54, 1.807) is 7.11 Å². The molecule has 7 nitrogen and oxygen atoms in total. The van der Waals surface area contributed by atoms with Crippen LogP contribution >= 0.6 is 0 Å². The van der Waals surface area contributed by atoms with E-state index in [1.807, 2.05) is 17.9 Å². The van der Waals surface area contributed by atoms with E-state index in [-0.39, 0.29) is 17.5 Å². The molecular weight excluding hydrogens is 292 g/mol. The summed E-state index contributed by atoms with van der Waals surface area (Å²) in [5.41, 5.74) is 0. The first-order chi connectivity index (χ1) is 10.1. The molecule has 0 bridgehead atoms. The molecule has 1 unspecified atom stereocenters. The highest BCUT2D eigenvalue weighted by molar-refractivity contribution is 7.91. The monoisotopic (exact) mass is 314 g/mol. The normalized spacial score (nSPS) is 20.4. The standard InChI is InChI=1S/C13H22N4O3S/c1-3-17(11-4-7-21(18,19)9-11)13-8-12(15-10-16-13)14-5-6-20-2/h8,10-11H,3-7,9H2,1-2H3,(H,14,15,16). The maximum atomic E-state index is 11.6. The van der Waals surface area contributed by atoms with Crippen LogP contribution in [0, 0.1) is 0 Å². The molecule has 1 aromatic rings. The van der Waals surface area contributed by atoms with Crippen LogP contribution in [0.25, 0.3) is 0 Å². The largest absolute Gasteiger partial charge is 0.383 e. The Labute approximate surface area is 125 Å². The van der Waals surface area contributed by atoms with Gasteiger partial charge < -0.3 is 15.0 Å². The Kier molecular flexibility index (Phi) is 5.35. The van der Waals surface area contributed by atoms with Gasteiger partial charge in [0.25, 0.3) is 0 Å². The van der Waals surface area contributed by atoms with Crippen molar-refractivity contribution in [3.05, 3.63) is 12.4 Å². The maximum Gasteiger partial charge on any atom is 0.152 e. The highest BCUT2D eigenvalue weighted by atomic mass is 32.2. The molecule has 1 saturated heterocycles. The lowest BCUT2D eigenvalue weighted by Gasteiger charge is -2.28. The third kappa shape index (κ3) is 4.28. The number of sulfone groups is 1. The van der Waals surface area contributed by atoms with Crippen molar-refractivity contribution in [2.24, 2.45) is 0 Å². The van der Waals surface area contributed by atoms with Gasteiger partial charge in [-0.3, -0.25) is 0 Å². The molecular formula is C13H22N4O3S. The second kappa shape index (κ2) is 7.04. The van der Waals surface area contributed by atoms with Gasteiger partial charge in [-0.25, -0.2) is 18.4 Å². The zero-order valence-corrected chi connectivity index (χ0v) is 13.3. The molecule has 2 heterocycles. The number of ether oxygens (including phenoxy) is 1. The number of anilines is 2. The fraction of sp³-hybridized carbons (Fsp3) is 0.692. The topological polar surface area (TPSA) is 84.4 Å². The van der Waals surface area contributed by atoms with Crippen molar-refractivity contribution < 1.29 is 13.2 Å². The van der Waals surface area contributed by atoms with Crippen molar-refractivity contribution in [1.82, 2.24) is 9.97 Å². The Morgan fingerprint density at radius 3 is 2.90 bits per heavy atom. The second-order valence-corrected chi connectivity index (χ2v) is 7.25. The van der Waals surface area contributed by atoms with Crippen LogP contribution in [0.2, 0.25) is 0 Å². The van der Waals surface area contributed by atoms with Crippen molar-refractivity contribution in [2.75, 3.05) is 48.5 Å². The predicted octanol–water partition coefficient (Wildman–Crippen LogP) is 0.548. The molecule has 2 rings (SSSR count). The van der Waals surface area contributed by atoms with Crippen LogP contribution in [0.1, 0.15) is 13.3 Å². The van der Waals surface area contributed by atoms with E-state index in [9.17, 15) is 8.42 Å². The Bertz CT molecular complexity index is 564. The minimum absolute atomic E-state index is 0.00160. The van der Waals surface area contributed by atoms with Crippen molar-refractivity contribution >= 4 is 21.5 Å². The summed E-state index contributed by atoms with van der Waals surface area (Å²) in [7, 11) is -1.26. The van der Waals surface area contributed by atoms with E-state index < -0.39 is 9.84 Å². The van der Waals surface area contributed by atoms with Gasteiger partial charge in [0, 0.05) is 32.3 Å². The summed E-state index contributed by atoms with van der Waals surface area (Å²) in [6, 6.07) is 1.85. The highest BCUT2D eigenvalue weighted by Gasteiger charge is 2.32. The van der Waals surface area contributed by atoms with E-state index in [0.717, 1.165) is 11.6 Å². The lowest BCUT2D eigenvalue weighted by molar-refractivity contribution is 0.210. The van der Waals surface area contributed by atoms with Crippen LogP contribution < -0.4 is 10.2 Å². The molecule has 0 amide bonds. The van der Waals surface area contributed by atoms with Gasteiger partial charge in [-0.1, -0.05) is 0 Å². The minimum Gasteiger partial charge on any atom is -0.383 e. The number of nitrogens with zero attached hydrogens (tertiary/aromatic N) is 3. The molecule has 0 aromatic carbocycles. The van der Waals surface area contributed by atoms with Gasteiger partial charge in [-0.15, -0.1) is 0 Å². The number of hydrogen-bond acceptors (Lipinski definition) is 7. The van der Waals surface area contributed by atoms with Gasteiger partial charge in [0.05, 0.1) is 18.1 Å². The molecule has 0 radical (unpaired) electrons. The van der Waals surface area contributed by atoms with E-state index in [2.05, 4.69) is 15.3 Å². The van der Waals surface area contributed by atoms with Crippen LogP contribution in [0.4, 0.5) is 11.6 Å². The number of rotatable bonds is 7. The summed E-state index contributed by atoms with van der Waals surface area (Å²) in [5.74, 6) is 1.95. The number of aromatic nitrogens is 2. The molecule has 21 heavy (non-hydrogen) atoms. The average molecular weight is 314 g/mol. The van der Waals surface area contributed by atoms with Crippen LogP contribution in [0.5, 0.6) is 0 Å². The first-order valence-electron chi connectivity index (χ1n) is 7.07. The van der Waals surface area contributed by atoms with Crippen molar-refractivity contribution in [2.45, 2.75) is 19.4 Å². The first kappa shape index (κ1) is 16.0. The lowest BCUT2D eigenvalue weighted by atomic mass is 10.2. The lowest BCUT2D eigenvalue weighted by Crippen LogP contribution is -2.36. The molecule has 0 spiro atoms. The van der Waals surface area contributed by atoms with Gasteiger partial charge in [0.1, 0.15) is 18.0 Å². The predicted molar refractivity (Wildman–Crippen MR) is 82.5 cm³/mol. The summed E-state index contributed by atoms with van der Waals surface area (Å²) < 4.78 is 28.3. The van der Waals surface area contributed by atoms with E-state index >= 15 is 0 Å². The molecule has 1 aliphatic heterocycles. The minimum atomic E-state index is -2.90. The molecule has 0 saturated carbocycles. The Balaban J connectivity index is 2.09. The van der Waals surface area contributed by atoms with Crippen LogP contribution in [-0.2, 0) is 14.6 Å². The van der Waals surface area contributed by atoms with Crippen molar-refractivity contribution in [1.29, 1.82) is 0 Å². The smallest absolute Gasteiger partial charge is 0.152 e. The Hall–Kier alpha value is -1.41. The van der Waals surface area contributed by atoms with Gasteiger partial charge >= 0.3 is 0 Å². The van der Waals surface area contributed by atoms with Gasteiger partial charge in [0.15, 0.2) is 9.84 Å². The van der Waals surface area contributed by atoms with Crippen molar-refractivity contribution in [3.8, 4) is 0 Å². The van der Waals surface area contributed by atoms with Gasteiger partial charge in [-0.2, -0.15) is 0 Å². The number of hydrogen-bond donors (Lipinski definition) is 1. The van der Waals surface area contributed by atoms with Crippen LogP contribution in [0.15, 0.2) is 12.4 Å². The molecule has 1 fully saturated rings. The third-order valence-corrected chi connectivity index (χ3v) is 5.30. The average Bonchev–Trinajstić information content (AvgIpc) is 2.81. The zero-order valence-electron chi connectivity index (χ0n) is 12.4. The van der Waals surface area contributed by atoms with Gasteiger partial charge in [0.2, 0.25) is 0 Å². The third-order valence-electron chi connectivity index (χ3n) is 3.55. The molecule has 0 aliphatic carbocycles. The molecule has 8 heteroatoms. The molecule has 1 atom stereocenters. The van der Waals surface area contributed by atoms with Crippen LogP contribution in [-0.4, -0.2) is 62.7 Å². The summed E-state index contributed by atoms with van der Waals surface area (Å²) in [4.78, 5) is 10.5. The van der Waals surface area contributed by atoms with E-state index in [1.165, 1.54) is 6.33 Å². The second-order valence-electron chi connectivity index (χ2n) is 5.02. The molecule has 1 N–H and O–H groups in total. The fourth-order valence-electron chi connectivity index (χ4n) is 2.51. The molecule has 1 aromatic heterocycles. The SMILES string of the molecule is CCN(c1cc(NCCOC)ncn1)C1CCS(=O)(=O)C1. The van der Waals surface area contributed by atoms with Gasteiger partial charge in [-0.05, 0) is 13.3 Å². The summed E-state index contributed by atoms with van der Waals surface area (Å²) >= 11 is 0. The summed E-state index contributed by atoms with van der Waals surface area (Å²) in [6.07, 6.45) is 2.16. The Morgan fingerprint density at radius 1 is 1.48 bits per heavy atom. The van der Waals surface area contributed by atoms with E-state index in [4.69, 9.17) is 4.74 Å².